The van der Waals surface area contributed by atoms with Crippen LogP contribution in [0.5, 0.6) is 0 Å². The number of carbonyl (C=O) groups excluding carboxylic acids is 1. The number of nitrogens with zero attached hydrogens (tertiary/aromatic N) is 2. The second-order valence-corrected chi connectivity index (χ2v) is 6.41. The summed E-state index contributed by atoms with van der Waals surface area (Å²) in [6.45, 7) is 2.62. The van der Waals surface area contributed by atoms with Gasteiger partial charge < -0.3 is 9.88 Å². The summed E-state index contributed by atoms with van der Waals surface area (Å²) >= 11 is 1.60. The van der Waals surface area contributed by atoms with Gasteiger partial charge in [-0.15, -0.1) is 11.3 Å². The molecular formula is C17H19N3OS. The fourth-order valence-corrected chi connectivity index (χ4v) is 3.38. The summed E-state index contributed by atoms with van der Waals surface area (Å²) in [4.78, 5) is 22.7. The van der Waals surface area contributed by atoms with Gasteiger partial charge in [0.25, 0.3) is 0 Å². The van der Waals surface area contributed by atoms with Crippen LogP contribution in [-0.4, -0.2) is 27.8 Å². The van der Waals surface area contributed by atoms with Gasteiger partial charge in [0.05, 0.1) is 17.7 Å². The SMILES string of the molecule is Cc1ncsc1CN(C)C(=O)CCc1c[nH]c2ccccc12. The molecule has 1 amide bonds. The van der Waals surface area contributed by atoms with Crippen LogP contribution in [0.4, 0.5) is 0 Å². The van der Waals surface area contributed by atoms with E-state index in [1.807, 2.05) is 37.8 Å². The highest BCUT2D eigenvalue weighted by molar-refractivity contribution is 7.09. The first-order chi connectivity index (χ1) is 10.6. The summed E-state index contributed by atoms with van der Waals surface area (Å²) in [7, 11) is 1.86. The summed E-state index contributed by atoms with van der Waals surface area (Å²) in [6, 6.07) is 8.19. The molecule has 0 aliphatic rings. The number of benzene rings is 1. The number of aryl methyl sites for hydroxylation is 2. The molecule has 5 heteroatoms. The fourth-order valence-electron chi connectivity index (χ4n) is 2.55. The Balaban J connectivity index is 1.61. The van der Waals surface area contributed by atoms with Crippen molar-refractivity contribution in [1.82, 2.24) is 14.9 Å². The number of H-pyrrole nitrogens is 1. The number of thiazole rings is 1. The molecule has 0 bridgehead atoms. The second-order valence-electron chi connectivity index (χ2n) is 5.47. The summed E-state index contributed by atoms with van der Waals surface area (Å²) in [6.07, 6.45) is 3.29. The van der Waals surface area contributed by atoms with Crippen LogP contribution in [0, 0.1) is 6.92 Å². The molecule has 0 atom stereocenters. The molecule has 0 aliphatic carbocycles. The Bertz CT molecular complexity index is 790. The van der Waals surface area contributed by atoms with Gasteiger partial charge in [0.1, 0.15) is 0 Å². The second kappa shape index (κ2) is 6.32. The Morgan fingerprint density at radius 3 is 2.95 bits per heavy atom. The molecule has 0 unspecified atom stereocenters. The van der Waals surface area contributed by atoms with Gasteiger partial charge in [-0.1, -0.05) is 18.2 Å². The number of amides is 1. The number of aromatic amines is 1. The lowest BCUT2D eigenvalue weighted by Crippen LogP contribution is -2.26. The number of fused-ring (bicyclic) bond motifs is 1. The van der Waals surface area contributed by atoms with Gasteiger partial charge in [-0.2, -0.15) is 0 Å². The minimum absolute atomic E-state index is 0.165. The maximum Gasteiger partial charge on any atom is 0.222 e. The Hall–Kier alpha value is -2.14. The molecular weight excluding hydrogens is 294 g/mol. The number of para-hydroxylation sites is 1. The minimum atomic E-state index is 0.165. The van der Waals surface area contributed by atoms with E-state index in [0.29, 0.717) is 13.0 Å². The van der Waals surface area contributed by atoms with E-state index in [-0.39, 0.29) is 5.91 Å². The first-order valence-electron chi connectivity index (χ1n) is 7.33. The number of rotatable bonds is 5. The van der Waals surface area contributed by atoms with E-state index < -0.39 is 0 Å². The van der Waals surface area contributed by atoms with Gasteiger partial charge in [-0.25, -0.2) is 4.98 Å². The van der Waals surface area contributed by atoms with Crippen LogP contribution >= 0.6 is 11.3 Å². The van der Waals surface area contributed by atoms with Crippen LogP contribution < -0.4 is 0 Å². The molecule has 0 saturated carbocycles. The summed E-state index contributed by atoms with van der Waals surface area (Å²) < 4.78 is 0. The largest absolute Gasteiger partial charge is 0.361 e. The Morgan fingerprint density at radius 1 is 1.36 bits per heavy atom. The maximum absolute atomic E-state index is 12.3. The molecule has 2 aromatic heterocycles. The van der Waals surface area contributed by atoms with Crippen molar-refractivity contribution in [3.05, 3.63) is 52.1 Å². The van der Waals surface area contributed by atoms with E-state index in [4.69, 9.17) is 0 Å². The first-order valence-corrected chi connectivity index (χ1v) is 8.21. The van der Waals surface area contributed by atoms with Crippen LogP contribution in [-0.2, 0) is 17.8 Å². The molecule has 4 nitrogen and oxygen atoms in total. The molecule has 0 saturated heterocycles. The monoisotopic (exact) mass is 313 g/mol. The van der Waals surface area contributed by atoms with Crippen molar-refractivity contribution in [2.45, 2.75) is 26.3 Å². The molecule has 114 valence electrons. The molecule has 0 radical (unpaired) electrons. The van der Waals surface area contributed by atoms with Crippen molar-refractivity contribution in [2.24, 2.45) is 0 Å². The van der Waals surface area contributed by atoms with Gasteiger partial charge in [-0.3, -0.25) is 4.79 Å². The van der Waals surface area contributed by atoms with Crippen molar-refractivity contribution < 1.29 is 4.79 Å². The highest BCUT2D eigenvalue weighted by Gasteiger charge is 2.13. The summed E-state index contributed by atoms with van der Waals surface area (Å²) in [5.41, 5.74) is 5.17. The number of aromatic nitrogens is 2. The van der Waals surface area contributed by atoms with E-state index in [9.17, 15) is 4.79 Å². The predicted molar refractivity (Wildman–Crippen MR) is 89.9 cm³/mol. The lowest BCUT2D eigenvalue weighted by atomic mass is 10.1. The molecule has 1 N–H and O–H groups in total. The van der Waals surface area contributed by atoms with Crippen LogP contribution in [0.2, 0.25) is 0 Å². The highest BCUT2D eigenvalue weighted by Crippen LogP contribution is 2.20. The summed E-state index contributed by atoms with van der Waals surface area (Å²) in [5.74, 6) is 0.165. The maximum atomic E-state index is 12.3. The predicted octanol–water partition coefficient (Wildman–Crippen LogP) is 3.52. The highest BCUT2D eigenvalue weighted by atomic mass is 32.1. The molecule has 0 aliphatic heterocycles. The van der Waals surface area contributed by atoms with E-state index in [1.165, 1.54) is 10.9 Å². The lowest BCUT2D eigenvalue weighted by molar-refractivity contribution is -0.130. The summed E-state index contributed by atoms with van der Waals surface area (Å²) in [5, 5.41) is 1.20. The molecule has 0 spiro atoms. The van der Waals surface area contributed by atoms with Crippen molar-refractivity contribution in [1.29, 1.82) is 0 Å². The average Bonchev–Trinajstić information content (AvgIpc) is 3.11. The van der Waals surface area contributed by atoms with Crippen LogP contribution in [0.3, 0.4) is 0 Å². The van der Waals surface area contributed by atoms with Gasteiger partial charge in [0.15, 0.2) is 0 Å². The van der Waals surface area contributed by atoms with E-state index >= 15 is 0 Å². The number of carbonyl (C=O) groups is 1. The van der Waals surface area contributed by atoms with Crippen molar-refractivity contribution in [2.75, 3.05) is 7.05 Å². The molecule has 1 aromatic carbocycles. The van der Waals surface area contributed by atoms with Crippen LogP contribution in [0.15, 0.2) is 36.0 Å². The van der Waals surface area contributed by atoms with E-state index in [2.05, 4.69) is 22.1 Å². The molecule has 0 fully saturated rings. The van der Waals surface area contributed by atoms with Crippen LogP contribution in [0.25, 0.3) is 10.9 Å². The quantitative estimate of drug-likeness (QED) is 0.783. The number of nitrogens with one attached hydrogen (secondary N) is 1. The fraction of sp³-hybridized carbons (Fsp3) is 0.294. The van der Waals surface area contributed by atoms with Crippen LogP contribution in [0.1, 0.15) is 22.6 Å². The first kappa shape index (κ1) is 14.8. The van der Waals surface area contributed by atoms with Crippen molar-refractivity contribution in [3.8, 4) is 0 Å². The van der Waals surface area contributed by atoms with Gasteiger partial charge in [0.2, 0.25) is 5.91 Å². The Kier molecular flexibility index (Phi) is 4.24. The normalized spacial score (nSPS) is 11.0. The Labute approximate surface area is 133 Å². The zero-order chi connectivity index (χ0) is 15.5. The van der Waals surface area contributed by atoms with Crippen molar-refractivity contribution >= 4 is 28.1 Å². The van der Waals surface area contributed by atoms with Gasteiger partial charge in [0, 0.05) is 35.4 Å². The molecule has 2 heterocycles. The van der Waals surface area contributed by atoms with Gasteiger partial charge >= 0.3 is 0 Å². The van der Waals surface area contributed by atoms with E-state index in [0.717, 1.165) is 22.5 Å². The topological polar surface area (TPSA) is 49.0 Å². The van der Waals surface area contributed by atoms with Crippen molar-refractivity contribution in [3.63, 3.8) is 0 Å². The third-order valence-corrected chi connectivity index (χ3v) is 4.85. The molecule has 22 heavy (non-hydrogen) atoms. The average molecular weight is 313 g/mol. The van der Waals surface area contributed by atoms with E-state index in [1.54, 1.807) is 16.2 Å². The third-order valence-electron chi connectivity index (χ3n) is 3.93. The smallest absolute Gasteiger partial charge is 0.222 e. The zero-order valence-corrected chi connectivity index (χ0v) is 13.6. The third kappa shape index (κ3) is 3.04. The molecule has 3 aromatic rings. The lowest BCUT2D eigenvalue weighted by Gasteiger charge is -2.16. The Morgan fingerprint density at radius 2 is 2.18 bits per heavy atom. The van der Waals surface area contributed by atoms with Gasteiger partial charge in [-0.05, 0) is 25.0 Å². The minimum Gasteiger partial charge on any atom is -0.361 e. The molecule has 3 rings (SSSR count). The zero-order valence-electron chi connectivity index (χ0n) is 12.8. The number of hydrogen-bond donors (Lipinski definition) is 1. The number of hydrogen-bond acceptors (Lipinski definition) is 3. The standard InChI is InChI=1S/C17H19N3OS/c1-12-16(22-11-19-12)10-20(2)17(21)8-7-13-9-18-15-6-4-3-5-14(13)15/h3-6,9,11,18H,7-8,10H2,1-2H3.